The van der Waals surface area contributed by atoms with Crippen molar-refractivity contribution in [2.45, 2.75) is 26.3 Å². The molecule has 1 aliphatic heterocycles. The molecule has 0 amide bonds. The summed E-state index contributed by atoms with van der Waals surface area (Å²) in [6.07, 6.45) is 1.20. The van der Waals surface area contributed by atoms with E-state index in [1.54, 1.807) is 4.88 Å². The Morgan fingerprint density at radius 3 is 3.24 bits per heavy atom. The summed E-state index contributed by atoms with van der Waals surface area (Å²) in [6.45, 7) is 12.7. The minimum absolute atomic E-state index is 0.545. The number of fused-ring (bicyclic) bond motifs is 1. The van der Waals surface area contributed by atoms with Crippen molar-refractivity contribution < 1.29 is 0 Å². The fraction of sp³-hybridized carbons (Fsp3) is 0.571. The zero-order chi connectivity index (χ0) is 12.3. The van der Waals surface area contributed by atoms with Crippen LogP contribution in [0.1, 0.15) is 30.3 Å². The number of nitrogens with one attached hydrogen (secondary N) is 1. The smallest absolute Gasteiger partial charge is 0.0334 e. The van der Waals surface area contributed by atoms with Crippen molar-refractivity contribution in [3.8, 4) is 0 Å². The Morgan fingerprint density at radius 1 is 1.65 bits per heavy atom. The van der Waals surface area contributed by atoms with Gasteiger partial charge in [0.25, 0.3) is 0 Å². The highest BCUT2D eigenvalue weighted by Crippen LogP contribution is 2.32. The fourth-order valence-electron chi connectivity index (χ4n) is 2.42. The fourth-order valence-corrected chi connectivity index (χ4v) is 3.39. The van der Waals surface area contributed by atoms with E-state index in [0.717, 1.165) is 19.6 Å². The lowest BCUT2D eigenvalue weighted by atomic mass is 10.0. The minimum atomic E-state index is 0.545. The lowest BCUT2D eigenvalue weighted by molar-refractivity contribution is 0.217. The molecule has 94 valence electrons. The van der Waals surface area contributed by atoms with E-state index < -0.39 is 0 Å². The third-order valence-corrected chi connectivity index (χ3v) is 4.45. The number of hydrogen-bond donors (Lipinski definition) is 1. The predicted molar refractivity (Wildman–Crippen MR) is 75.7 cm³/mol. The van der Waals surface area contributed by atoms with Crippen molar-refractivity contribution in [1.29, 1.82) is 0 Å². The largest absolute Gasteiger partial charge is 0.313 e. The molecule has 1 aliphatic rings. The third kappa shape index (κ3) is 2.97. The Labute approximate surface area is 108 Å². The van der Waals surface area contributed by atoms with Gasteiger partial charge in [-0.15, -0.1) is 11.3 Å². The van der Waals surface area contributed by atoms with Crippen molar-refractivity contribution in [3.63, 3.8) is 0 Å². The van der Waals surface area contributed by atoms with Gasteiger partial charge in [0.2, 0.25) is 0 Å². The van der Waals surface area contributed by atoms with Crippen molar-refractivity contribution in [2.75, 3.05) is 26.2 Å². The summed E-state index contributed by atoms with van der Waals surface area (Å²) in [5, 5.41) is 5.56. The highest BCUT2D eigenvalue weighted by Gasteiger charge is 2.24. The van der Waals surface area contributed by atoms with Crippen molar-refractivity contribution in [3.05, 3.63) is 34.0 Å². The second kappa shape index (κ2) is 5.80. The van der Waals surface area contributed by atoms with Crippen molar-refractivity contribution in [2.24, 2.45) is 0 Å². The molecular weight excluding hydrogens is 228 g/mol. The third-order valence-electron chi connectivity index (χ3n) is 3.46. The van der Waals surface area contributed by atoms with E-state index in [0.29, 0.717) is 6.04 Å². The second-order valence-corrected chi connectivity index (χ2v) is 5.73. The highest BCUT2D eigenvalue weighted by molar-refractivity contribution is 7.10. The second-order valence-electron chi connectivity index (χ2n) is 4.73. The van der Waals surface area contributed by atoms with Crippen LogP contribution in [0.5, 0.6) is 0 Å². The van der Waals surface area contributed by atoms with Crippen molar-refractivity contribution >= 4 is 11.3 Å². The Bertz CT molecular complexity index is 383. The zero-order valence-corrected chi connectivity index (χ0v) is 11.6. The Morgan fingerprint density at radius 2 is 2.47 bits per heavy atom. The van der Waals surface area contributed by atoms with E-state index in [9.17, 15) is 0 Å². The first kappa shape index (κ1) is 12.8. The molecule has 0 bridgehead atoms. The summed E-state index contributed by atoms with van der Waals surface area (Å²) in [5.74, 6) is 0. The van der Waals surface area contributed by atoms with Gasteiger partial charge in [0.05, 0.1) is 0 Å². The van der Waals surface area contributed by atoms with Crippen LogP contribution < -0.4 is 5.32 Å². The van der Waals surface area contributed by atoms with E-state index in [1.165, 1.54) is 24.1 Å². The Kier molecular flexibility index (Phi) is 4.37. The van der Waals surface area contributed by atoms with Crippen LogP contribution >= 0.6 is 11.3 Å². The van der Waals surface area contributed by atoms with E-state index in [-0.39, 0.29) is 0 Å². The summed E-state index contributed by atoms with van der Waals surface area (Å²) in [6, 6.07) is 2.83. The SMILES string of the molecule is C=C(CNCC)CN1CCc2sccc2C1C. The molecule has 1 aromatic rings. The predicted octanol–water partition coefficient (Wildman–Crippen LogP) is 2.83. The van der Waals surface area contributed by atoms with Gasteiger partial charge in [-0.25, -0.2) is 0 Å². The lowest BCUT2D eigenvalue weighted by Gasteiger charge is -2.34. The molecule has 0 spiro atoms. The van der Waals surface area contributed by atoms with E-state index in [2.05, 4.69) is 42.1 Å². The summed E-state index contributed by atoms with van der Waals surface area (Å²) in [4.78, 5) is 4.11. The van der Waals surface area contributed by atoms with Gasteiger partial charge in [-0.3, -0.25) is 4.90 Å². The molecule has 1 unspecified atom stereocenters. The van der Waals surface area contributed by atoms with Gasteiger partial charge in [0.15, 0.2) is 0 Å². The first-order chi connectivity index (χ1) is 8.22. The average Bonchev–Trinajstić information content (AvgIpc) is 2.79. The van der Waals surface area contributed by atoms with Crippen molar-refractivity contribution in [1.82, 2.24) is 10.2 Å². The Balaban J connectivity index is 1.93. The van der Waals surface area contributed by atoms with Crippen LogP contribution in [-0.2, 0) is 6.42 Å². The standard InChI is InChI=1S/C14H22N2S/c1-4-15-9-11(2)10-16-7-5-14-13(12(16)3)6-8-17-14/h6,8,12,15H,2,4-5,7,9-10H2,1,3H3. The average molecular weight is 250 g/mol. The topological polar surface area (TPSA) is 15.3 Å². The monoisotopic (exact) mass is 250 g/mol. The van der Waals surface area contributed by atoms with Gasteiger partial charge in [-0.1, -0.05) is 13.5 Å². The number of rotatable bonds is 5. The summed E-state index contributed by atoms with van der Waals surface area (Å²) >= 11 is 1.90. The highest BCUT2D eigenvalue weighted by atomic mass is 32.1. The number of nitrogens with zero attached hydrogens (tertiary/aromatic N) is 1. The molecule has 1 atom stereocenters. The van der Waals surface area contributed by atoms with Crippen LogP contribution in [-0.4, -0.2) is 31.1 Å². The number of likely N-dealkylation sites (N-methyl/N-ethyl adjacent to an activating group) is 1. The molecular formula is C14H22N2S. The van der Waals surface area contributed by atoms with Crippen LogP contribution in [0.15, 0.2) is 23.6 Å². The van der Waals surface area contributed by atoms with Crippen LogP contribution in [0, 0.1) is 0 Å². The maximum absolute atomic E-state index is 4.16. The molecule has 2 nitrogen and oxygen atoms in total. The van der Waals surface area contributed by atoms with Gasteiger partial charge >= 0.3 is 0 Å². The molecule has 2 rings (SSSR count). The van der Waals surface area contributed by atoms with Crippen LogP contribution in [0.2, 0.25) is 0 Å². The maximum Gasteiger partial charge on any atom is 0.0334 e. The zero-order valence-electron chi connectivity index (χ0n) is 10.8. The lowest BCUT2D eigenvalue weighted by Crippen LogP contribution is -2.36. The van der Waals surface area contributed by atoms with E-state index in [4.69, 9.17) is 0 Å². The van der Waals surface area contributed by atoms with Gasteiger partial charge in [-0.2, -0.15) is 0 Å². The first-order valence-corrected chi connectivity index (χ1v) is 7.28. The van der Waals surface area contributed by atoms with Crippen LogP contribution in [0.25, 0.3) is 0 Å². The molecule has 0 fully saturated rings. The first-order valence-electron chi connectivity index (χ1n) is 6.40. The van der Waals surface area contributed by atoms with Crippen LogP contribution in [0.3, 0.4) is 0 Å². The summed E-state index contributed by atoms with van der Waals surface area (Å²) in [5.41, 5.74) is 2.81. The minimum Gasteiger partial charge on any atom is -0.313 e. The molecule has 3 heteroatoms. The molecule has 0 saturated heterocycles. The summed E-state index contributed by atoms with van der Waals surface area (Å²) < 4.78 is 0. The number of thiophene rings is 1. The molecule has 0 saturated carbocycles. The normalized spacial score (nSPS) is 20.2. The summed E-state index contributed by atoms with van der Waals surface area (Å²) in [7, 11) is 0. The van der Waals surface area contributed by atoms with Gasteiger partial charge in [0, 0.05) is 30.6 Å². The van der Waals surface area contributed by atoms with Crippen LogP contribution in [0.4, 0.5) is 0 Å². The Hall–Kier alpha value is -0.640. The molecule has 17 heavy (non-hydrogen) atoms. The van der Waals surface area contributed by atoms with Gasteiger partial charge < -0.3 is 5.32 Å². The molecule has 0 aromatic carbocycles. The van der Waals surface area contributed by atoms with Gasteiger partial charge in [-0.05, 0) is 42.5 Å². The quantitative estimate of drug-likeness (QED) is 0.808. The molecule has 1 N–H and O–H groups in total. The number of hydrogen-bond acceptors (Lipinski definition) is 3. The van der Waals surface area contributed by atoms with E-state index >= 15 is 0 Å². The molecule has 0 aliphatic carbocycles. The molecule has 2 heterocycles. The molecule has 1 aromatic heterocycles. The molecule has 0 radical (unpaired) electrons. The van der Waals surface area contributed by atoms with Gasteiger partial charge in [0.1, 0.15) is 0 Å². The van der Waals surface area contributed by atoms with E-state index in [1.807, 2.05) is 11.3 Å². The maximum atomic E-state index is 4.16.